The molecule has 2 aromatic carbocycles. The second-order valence-electron chi connectivity index (χ2n) is 5.92. The molecule has 0 aliphatic rings. The molecule has 0 atom stereocenters. The Morgan fingerprint density at radius 1 is 1.07 bits per heavy atom. The minimum absolute atomic E-state index is 0.208. The molecule has 1 amide bonds. The first-order chi connectivity index (χ1) is 13.1. The van der Waals surface area contributed by atoms with Gasteiger partial charge < -0.3 is 5.32 Å². The van der Waals surface area contributed by atoms with Crippen molar-refractivity contribution >= 4 is 27.5 Å². The molecule has 1 heterocycles. The molecule has 0 bridgehead atoms. The van der Waals surface area contributed by atoms with E-state index in [0.717, 1.165) is 21.3 Å². The van der Waals surface area contributed by atoms with Crippen LogP contribution in [0.4, 0.5) is 5.69 Å². The van der Waals surface area contributed by atoms with E-state index in [2.05, 4.69) is 26.2 Å². The summed E-state index contributed by atoms with van der Waals surface area (Å²) in [6.07, 6.45) is 3.49. The summed E-state index contributed by atoms with van der Waals surface area (Å²) in [5, 5.41) is 4.58. The lowest BCUT2D eigenvalue weighted by atomic mass is 10.1. The lowest BCUT2D eigenvalue weighted by Crippen LogP contribution is -2.27. The van der Waals surface area contributed by atoms with Crippen LogP contribution in [0.5, 0.6) is 0 Å². The molecule has 5 nitrogen and oxygen atoms in total. The number of halogens is 1. The number of carbonyl (C=O) groups excluding carboxylic acids is 1. The van der Waals surface area contributed by atoms with Crippen LogP contribution >= 0.6 is 15.9 Å². The fraction of sp³-hybridized carbons (Fsp3) is 0.143. The molecule has 0 spiro atoms. The number of rotatable bonds is 7. The molecule has 0 unspecified atom stereocenters. The molecule has 1 N–H and O–H groups in total. The fourth-order valence-corrected chi connectivity index (χ4v) is 2.93. The molecule has 3 rings (SSSR count). The van der Waals surface area contributed by atoms with Crippen LogP contribution in [0.3, 0.4) is 0 Å². The van der Waals surface area contributed by atoms with Crippen molar-refractivity contribution in [3.8, 4) is 0 Å². The summed E-state index contributed by atoms with van der Waals surface area (Å²) < 4.78 is 0.949. The number of anilines is 1. The highest BCUT2D eigenvalue weighted by atomic mass is 79.9. The van der Waals surface area contributed by atoms with Crippen LogP contribution < -0.4 is 5.32 Å². The number of aromatic nitrogens is 1. The van der Waals surface area contributed by atoms with Gasteiger partial charge in [0.05, 0.1) is 5.56 Å². The standard InChI is InChI=1S/C21H20BrN3O2/c1-25(27-15-17-6-2-4-8-19(17)22)21(26)18-7-3-5-9-20(18)24-14-16-10-12-23-13-11-16/h2-13,24H,14-15H2,1H3. The molecule has 0 fully saturated rings. The van der Waals surface area contributed by atoms with Crippen LogP contribution in [0.1, 0.15) is 21.5 Å². The van der Waals surface area contributed by atoms with Crippen LogP contribution in [0, 0.1) is 0 Å². The van der Waals surface area contributed by atoms with E-state index in [1.54, 1.807) is 25.5 Å². The van der Waals surface area contributed by atoms with Crippen molar-refractivity contribution < 1.29 is 9.63 Å². The van der Waals surface area contributed by atoms with Gasteiger partial charge >= 0.3 is 0 Å². The van der Waals surface area contributed by atoms with Crippen molar-refractivity contribution in [3.63, 3.8) is 0 Å². The number of nitrogens with one attached hydrogen (secondary N) is 1. The number of pyridine rings is 1. The number of amides is 1. The van der Waals surface area contributed by atoms with Gasteiger partial charge in [0.2, 0.25) is 0 Å². The molecule has 0 aliphatic carbocycles. The van der Waals surface area contributed by atoms with Crippen LogP contribution in [0.2, 0.25) is 0 Å². The van der Waals surface area contributed by atoms with Gasteiger partial charge in [0, 0.05) is 36.1 Å². The van der Waals surface area contributed by atoms with Gasteiger partial charge in [0.15, 0.2) is 0 Å². The number of benzene rings is 2. The third-order valence-corrected chi connectivity index (χ3v) is 4.82. The van der Waals surface area contributed by atoms with Gasteiger partial charge in [-0.05, 0) is 41.5 Å². The number of carbonyl (C=O) groups is 1. The zero-order valence-electron chi connectivity index (χ0n) is 14.9. The molecule has 27 heavy (non-hydrogen) atoms. The topological polar surface area (TPSA) is 54.5 Å². The van der Waals surface area contributed by atoms with Crippen molar-refractivity contribution in [1.29, 1.82) is 0 Å². The third-order valence-electron chi connectivity index (χ3n) is 4.05. The van der Waals surface area contributed by atoms with Crippen molar-refractivity contribution in [1.82, 2.24) is 10.0 Å². The van der Waals surface area contributed by atoms with E-state index in [1.165, 1.54) is 5.06 Å². The number of hydroxylamine groups is 2. The number of nitrogens with zero attached hydrogens (tertiary/aromatic N) is 2. The SMILES string of the molecule is CN(OCc1ccccc1Br)C(=O)c1ccccc1NCc1ccncc1. The predicted molar refractivity (Wildman–Crippen MR) is 109 cm³/mol. The Hall–Kier alpha value is -2.70. The zero-order chi connectivity index (χ0) is 19.1. The summed E-state index contributed by atoms with van der Waals surface area (Å²) >= 11 is 3.48. The first kappa shape index (κ1) is 19.1. The Labute approximate surface area is 167 Å². The average molecular weight is 426 g/mol. The normalized spacial score (nSPS) is 10.4. The van der Waals surface area contributed by atoms with Crippen molar-refractivity contribution in [2.24, 2.45) is 0 Å². The van der Waals surface area contributed by atoms with Gasteiger partial charge in [-0.25, -0.2) is 5.06 Å². The molecular formula is C21H20BrN3O2. The van der Waals surface area contributed by atoms with Gasteiger partial charge in [0.25, 0.3) is 5.91 Å². The molecule has 0 radical (unpaired) electrons. The molecular weight excluding hydrogens is 406 g/mol. The minimum Gasteiger partial charge on any atom is -0.380 e. The van der Waals surface area contributed by atoms with E-state index >= 15 is 0 Å². The van der Waals surface area contributed by atoms with Crippen molar-refractivity contribution in [3.05, 3.63) is 94.2 Å². The van der Waals surface area contributed by atoms with E-state index in [9.17, 15) is 4.79 Å². The first-order valence-electron chi connectivity index (χ1n) is 8.51. The molecule has 1 aromatic heterocycles. The average Bonchev–Trinajstić information content (AvgIpc) is 2.72. The second-order valence-corrected chi connectivity index (χ2v) is 6.78. The maximum absolute atomic E-state index is 12.8. The Morgan fingerprint density at radius 3 is 2.56 bits per heavy atom. The molecule has 0 aliphatic heterocycles. The molecule has 0 saturated heterocycles. The van der Waals surface area contributed by atoms with Gasteiger partial charge in [-0.1, -0.05) is 46.3 Å². The van der Waals surface area contributed by atoms with E-state index in [0.29, 0.717) is 18.7 Å². The molecule has 6 heteroatoms. The summed E-state index contributed by atoms with van der Waals surface area (Å²) in [5.74, 6) is -0.208. The van der Waals surface area contributed by atoms with E-state index in [-0.39, 0.29) is 5.91 Å². The van der Waals surface area contributed by atoms with Crippen molar-refractivity contribution in [2.45, 2.75) is 13.2 Å². The predicted octanol–water partition coefficient (Wildman–Crippen LogP) is 4.66. The van der Waals surface area contributed by atoms with Crippen molar-refractivity contribution in [2.75, 3.05) is 12.4 Å². The van der Waals surface area contributed by atoms with Gasteiger partial charge in [-0.3, -0.25) is 14.6 Å². The Morgan fingerprint density at radius 2 is 1.78 bits per heavy atom. The molecule has 3 aromatic rings. The van der Waals surface area contributed by atoms with E-state index < -0.39 is 0 Å². The van der Waals surface area contributed by atoms with Crippen LogP contribution in [0.25, 0.3) is 0 Å². The largest absolute Gasteiger partial charge is 0.380 e. The summed E-state index contributed by atoms with van der Waals surface area (Å²) in [4.78, 5) is 22.5. The second kappa shape index (κ2) is 9.30. The number of hydrogen-bond acceptors (Lipinski definition) is 4. The third kappa shape index (κ3) is 5.15. The Bertz CT molecular complexity index is 903. The summed E-state index contributed by atoms with van der Waals surface area (Å²) in [5.41, 5.74) is 3.38. The summed E-state index contributed by atoms with van der Waals surface area (Å²) in [6, 6.07) is 19.0. The monoisotopic (exact) mass is 425 g/mol. The summed E-state index contributed by atoms with van der Waals surface area (Å²) in [6.45, 7) is 0.907. The first-order valence-corrected chi connectivity index (χ1v) is 9.30. The maximum atomic E-state index is 12.8. The quantitative estimate of drug-likeness (QED) is 0.559. The fourth-order valence-electron chi connectivity index (χ4n) is 2.53. The van der Waals surface area contributed by atoms with Gasteiger partial charge in [-0.2, -0.15) is 0 Å². The molecule has 0 saturated carbocycles. The smallest absolute Gasteiger partial charge is 0.279 e. The highest BCUT2D eigenvalue weighted by molar-refractivity contribution is 9.10. The van der Waals surface area contributed by atoms with E-state index in [4.69, 9.17) is 4.84 Å². The van der Waals surface area contributed by atoms with E-state index in [1.807, 2.05) is 54.6 Å². The van der Waals surface area contributed by atoms with Gasteiger partial charge in [-0.15, -0.1) is 0 Å². The minimum atomic E-state index is -0.208. The maximum Gasteiger partial charge on any atom is 0.279 e. The number of para-hydroxylation sites is 1. The Balaban J connectivity index is 1.66. The lowest BCUT2D eigenvalue weighted by Gasteiger charge is -2.19. The highest BCUT2D eigenvalue weighted by Crippen LogP contribution is 2.20. The van der Waals surface area contributed by atoms with Crippen LogP contribution in [0.15, 0.2) is 77.5 Å². The summed E-state index contributed by atoms with van der Waals surface area (Å²) in [7, 11) is 1.62. The van der Waals surface area contributed by atoms with Gasteiger partial charge in [0.1, 0.15) is 6.61 Å². The van der Waals surface area contributed by atoms with Crippen LogP contribution in [-0.4, -0.2) is 23.0 Å². The lowest BCUT2D eigenvalue weighted by molar-refractivity contribution is -0.116. The van der Waals surface area contributed by atoms with Crippen LogP contribution in [-0.2, 0) is 18.0 Å². The Kier molecular flexibility index (Phi) is 6.57. The highest BCUT2D eigenvalue weighted by Gasteiger charge is 2.16. The molecule has 138 valence electrons. The zero-order valence-corrected chi connectivity index (χ0v) is 16.5. The number of hydrogen-bond donors (Lipinski definition) is 1.